The van der Waals surface area contributed by atoms with Gasteiger partial charge >= 0.3 is 0 Å². The molecule has 1 aliphatic rings. The average molecular weight is 272 g/mol. The molecule has 1 atom stereocenters. The lowest BCUT2D eigenvalue weighted by atomic mass is 10.2. The van der Waals surface area contributed by atoms with Crippen LogP contribution in [0.3, 0.4) is 0 Å². The summed E-state index contributed by atoms with van der Waals surface area (Å²) < 4.78 is 5.27. The zero-order valence-electron chi connectivity index (χ0n) is 9.07. The number of nitriles is 1. The van der Waals surface area contributed by atoms with E-state index in [0.29, 0.717) is 29.9 Å². The molecule has 2 heterocycles. The second-order valence-corrected chi connectivity index (χ2v) is 4.62. The van der Waals surface area contributed by atoms with Crippen LogP contribution in [0.15, 0.2) is 12.3 Å². The Balaban J connectivity index is 2.03. The van der Waals surface area contributed by atoms with Gasteiger partial charge in [-0.2, -0.15) is 5.26 Å². The van der Waals surface area contributed by atoms with Gasteiger partial charge in [0.25, 0.3) is 0 Å². The number of rotatable bonds is 2. The Hall–Kier alpha value is -0.860. The first-order valence-corrected chi connectivity index (χ1v) is 5.98. The summed E-state index contributed by atoms with van der Waals surface area (Å²) >= 11 is 11.8. The van der Waals surface area contributed by atoms with E-state index in [1.54, 1.807) is 12.3 Å². The van der Waals surface area contributed by atoms with Gasteiger partial charge in [-0.1, -0.05) is 23.2 Å². The van der Waals surface area contributed by atoms with E-state index < -0.39 is 0 Å². The molecular formula is C11H11Cl2N3O. The van der Waals surface area contributed by atoms with E-state index in [1.807, 2.05) is 0 Å². The van der Waals surface area contributed by atoms with Gasteiger partial charge in [0.05, 0.1) is 12.7 Å². The Morgan fingerprint density at radius 1 is 1.59 bits per heavy atom. The molecule has 0 amide bonds. The number of nitrogens with zero attached hydrogens (tertiary/aromatic N) is 3. The quantitative estimate of drug-likeness (QED) is 0.774. The minimum Gasteiger partial charge on any atom is -0.361 e. The first-order chi connectivity index (χ1) is 8.19. The van der Waals surface area contributed by atoms with Gasteiger partial charge in [-0.05, 0) is 6.07 Å². The van der Waals surface area contributed by atoms with Crippen LogP contribution in [-0.2, 0) is 11.3 Å². The van der Waals surface area contributed by atoms with Crippen molar-refractivity contribution in [2.45, 2.75) is 12.6 Å². The fourth-order valence-corrected chi connectivity index (χ4v) is 2.14. The normalized spacial score (nSPS) is 21.1. The van der Waals surface area contributed by atoms with Crippen LogP contribution in [0.4, 0.5) is 0 Å². The van der Waals surface area contributed by atoms with Crippen molar-refractivity contribution in [3.8, 4) is 6.07 Å². The van der Waals surface area contributed by atoms with Crippen LogP contribution in [0.25, 0.3) is 0 Å². The number of morpholine rings is 1. The highest BCUT2D eigenvalue weighted by Crippen LogP contribution is 2.20. The summed E-state index contributed by atoms with van der Waals surface area (Å²) in [6, 6.07) is 3.74. The molecule has 6 heteroatoms. The number of aromatic nitrogens is 1. The van der Waals surface area contributed by atoms with Crippen molar-refractivity contribution < 1.29 is 4.74 Å². The van der Waals surface area contributed by atoms with E-state index >= 15 is 0 Å². The van der Waals surface area contributed by atoms with Gasteiger partial charge in [0.2, 0.25) is 0 Å². The average Bonchev–Trinajstić information content (AvgIpc) is 2.33. The van der Waals surface area contributed by atoms with Crippen molar-refractivity contribution >= 4 is 23.2 Å². The number of pyridine rings is 1. The molecule has 0 radical (unpaired) electrons. The SMILES string of the molecule is N#CC1CN(Cc2cnc(Cl)cc2Cl)CCO1. The van der Waals surface area contributed by atoms with Crippen molar-refractivity contribution in [3.63, 3.8) is 0 Å². The maximum absolute atomic E-state index is 8.81. The van der Waals surface area contributed by atoms with Crippen molar-refractivity contribution in [1.29, 1.82) is 5.26 Å². The van der Waals surface area contributed by atoms with Gasteiger partial charge < -0.3 is 4.74 Å². The Bertz CT molecular complexity index is 447. The number of ether oxygens (including phenoxy) is 1. The second-order valence-electron chi connectivity index (χ2n) is 3.82. The van der Waals surface area contributed by atoms with Crippen LogP contribution in [0, 0.1) is 11.3 Å². The lowest BCUT2D eigenvalue weighted by Crippen LogP contribution is -2.41. The van der Waals surface area contributed by atoms with Crippen LogP contribution in [0.1, 0.15) is 5.56 Å². The highest BCUT2D eigenvalue weighted by Gasteiger charge is 2.20. The zero-order chi connectivity index (χ0) is 12.3. The molecule has 1 aliphatic heterocycles. The zero-order valence-corrected chi connectivity index (χ0v) is 10.6. The molecule has 1 unspecified atom stereocenters. The highest BCUT2D eigenvalue weighted by molar-refractivity contribution is 6.34. The highest BCUT2D eigenvalue weighted by atomic mass is 35.5. The van der Waals surface area contributed by atoms with Gasteiger partial charge in [0.1, 0.15) is 5.15 Å². The van der Waals surface area contributed by atoms with E-state index in [2.05, 4.69) is 16.0 Å². The first-order valence-electron chi connectivity index (χ1n) is 5.22. The molecule has 17 heavy (non-hydrogen) atoms. The van der Waals surface area contributed by atoms with Crippen molar-refractivity contribution in [2.75, 3.05) is 19.7 Å². The number of halogens is 2. The molecule has 1 aromatic rings. The van der Waals surface area contributed by atoms with E-state index in [0.717, 1.165) is 12.1 Å². The summed E-state index contributed by atoms with van der Waals surface area (Å²) in [5.74, 6) is 0. The molecule has 1 aromatic heterocycles. The fourth-order valence-electron chi connectivity index (χ4n) is 1.72. The molecule has 0 spiro atoms. The minimum atomic E-state index is -0.359. The molecule has 0 aliphatic carbocycles. The standard InChI is InChI=1S/C11H11Cl2N3O/c12-10-3-11(13)15-5-8(10)6-16-1-2-17-9(4-14)7-16/h3,5,9H,1-2,6-7H2. The minimum absolute atomic E-state index is 0.359. The number of hydrogen-bond donors (Lipinski definition) is 0. The van der Waals surface area contributed by atoms with Crippen molar-refractivity contribution in [1.82, 2.24) is 9.88 Å². The Kier molecular flexibility index (Phi) is 4.19. The summed E-state index contributed by atoms with van der Waals surface area (Å²) in [4.78, 5) is 6.12. The summed E-state index contributed by atoms with van der Waals surface area (Å²) in [5.41, 5.74) is 0.912. The van der Waals surface area contributed by atoms with Gasteiger partial charge in [-0.3, -0.25) is 4.90 Å². The summed E-state index contributed by atoms with van der Waals surface area (Å²) in [7, 11) is 0. The molecule has 1 fully saturated rings. The molecule has 4 nitrogen and oxygen atoms in total. The Morgan fingerprint density at radius 3 is 3.12 bits per heavy atom. The molecule has 0 bridgehead atoms. The fraction of sp³-hybridized carbons (Fsp3) is 0.455. The molecule has 2 rings (SSSR count). The monoisotopic (exact) mass is 271 g/mol. The third-order valence-corrected chi connectivity index (χ3v) is 3.14. The van der Waals surface area contributed by atoms with Crippen molar-refractivity contribution in [3.05, 3.63) is 28.0 Å². The third kappa shape index (κ3) is 3.30. The van der Waals surface area contributed by atoms with Crippen LogP contribution >= 0.6 is 23.2 Å². The van der Waals surface area contributed by atoms with E-state index in [1.165, 1.54) is 0 Å². The van der Waals surface area contributed by atoms with E-state index in [-0.39, 0.29) is 6.10 Å². The molecule has 1 saturated heterocycles. The summed E-state index contributed by atoms with van der Waals surface area (Å²) in [6.07, 6.45) is 1.31. The second kappa shape index (κ2) is 5.65. The largest absolute Gasteiger partial charge is 0.361 e. The van der Waals surface area contributed by atoms with Gasteiger partial charge in [0, 0.05) is 36.4 Å². The summed E-state index contributed by atoms with van der Waals surface area (Å²) in [6.45, 7) is 2.61. The lowest BCUT2D eigenvalue weighted by molar-refractivity contribution is -0.00271. The predicted octanol–water partition coefficient (Wildman–Crippen LogP) is 2.11. The topological polar surface area (TPSA) is 49.2 Å². The van der Waals surface area contributed by atoms with Crippen LogP contribution in [0.5, 0.6) is 0 Å². The van der Waals surface area contributed by atoms with E-state index in [4.69, 9.17) is 33.2 Å². The molecular weight excluding hydrogens is 261 g/mol. The Labute approximate surface area is 110 Å². The maximum atomic E-state index is 8.81. The van der Waals surface area contributed by atoms with Gasteiger partial charge in [-0.25, -0.2) is 4.98 Å². The van der Waals surface area contributed by atoms with Gasteiger partial charge in [0.15, 0.2) is 6.10 Å². The van der Waals surface area contributed by atoms with Gasteiger partial charge in [-0.15, -0.1) is 0 Å². The lowest BCUT2D eigenvalue weighted by Gasteiger charge is -2.29. The van der Waals surface area contributed by atoms with E-state index in [9.17, 15) is 0 Å². The molecule has 90 valence electrons. The molecule has 0 aromatic carbocycles. The number of hydrogen-bond acceptors (Lipinski definition) is 4. The van der Waals surface area contributed by atoms with Crippen LogP contribution in [0.2, 0.25) is 10.2 Å². The maximum Gasteiger partial charge on any atom is 0.156 e. The third-order valence-electron chi connectivity index (χ3n) is 2.58. The van der Waals surface area contributed by atoms with Crippen molar-refractivity contribution in [2.24, 2.45) is 0 Å². The predicted molar refractivity (Wildman–Crippen MR) is 64.9 cm³/mol. The van der Waals surface area contributed by atoms with Crippen LogP contribution < -0.4 is 0 Å². The molecule has 0 saturated carbocycles. The Morgan fingerprint density at radius 2 is 2.41 bits per heavy atom. The first kappa shape index (κ1) is 12.6. The van der Waals surface area contributed by atoms with Crippen LogP contribution in [-0.4, -0.2) is 35.7 Å². The smallest absolute Gasteiger partial charge is 0.156 e. The molecule has 0 N–H and O–H groups in total. The summed E-state index contributed by atoms with van der Waals surface area (Å²) in [5, 5.41) is 9.80.